The third kappa shape index (κ3) is 7.20. The van der Waals surface area contributed by atoms with E-state index in [-0.39, 0.29) is 24.4 Å². The van der Waals surface area contributed by atoms with Crippen molar-refractivity contribution >= 4 is 30.1 Å². The summed E-state index contributed by atoms with van der Waals surface area (Å²) >= 11 is 1.76. The van der Waals surface area contributed by atoms with Crippen molar-refractivity contribution in [3.05, 3.63) is 0 Å². The Kier molecular flexibility index (Phi) is 10.6. The molecule has 2 aliphatic rings. The van der Waals surface area contributed by atoms with Gasteiger partial charge in [0.05, 0.1) is 6.04 Å². The molecule has 0 bridgehead atoms. The number of nitrogens with two attached hydrogens (primary N) is 1. The Hall–Kier alpha value is 0.0300. The molecule has 6 heteroatoms. The van der Waals surface area contributed by atoms with Gasteiger partial charge in [0.1, 0.15) is 0 Å². The zero-order valence-electron chi connectivity index (χ0n) is 14.5. The van der Waals surface area contributed by atoms with Gasteiger partial charge < -0.3 is 15.5 Å². The van der Waals surface area contributed by atoms with Crippen molar-refractivity contribution in [1.29, 1.82) is 0 Å². The Labute approximate surface area is 152 Å². The van der Waals surface area contributed by atoms with Gasteiger partial charge in [0, 0.05) is 26.2 Å². The van der Waals surface area contributed by atoms with Gasteiger partial charge in [-0.15, -0.1) is 12.4 Å². The second-order valence-electron chi connectivity index (χ2n) is 6.87. The van der Waals surface area contributed by atoms with Gasteiger partial charge in [0.2, 0.25) is 5.91 Å². The molecular formula is C17H34ClN3OS. The van der Waals surface area contributed by atoms with E-state index in [2.05, 4.69) is 11.2 Å². The van der Waals surface area contributed by atoms with Crippen LogP contribution in [0.4, 0.5) is 0 Å². The number of carbonyl (C=O) groups excluding carboxylic acids is 1. The molecule has 4 nitrogen and oxygen atoms in total. The highest BCUT2D eigenvalue weighted by Crippen LogP contribution is 2.24. The lowest BCUT2D eigenvalue weighted by atomic mass is 9.89. The molecule has 2 rings (SSSR count). The first-order chi connectivity index (χ1) is 10.7. The normalized spacial score (nSPS) is 22.3. The molecule has 136 valence electrons. The highest BCUT2D eigenvalue weighted by atomic mass is 35.5. The largest absolute Gasteiger partial charge is 0.340 e. The van der Waals surface area contributed by atoms with Gasteiger partial charge in [-0.1, -0.05) is 19.3 Å². The minimum absolute atomic E-state index is 0. The van der Waals surface area contributed by atoms with Crippen LogP contribution in [-0.2, 0) is 4.79 Å². The van der Waals surface area contributed by atoms with E-state index in [0.29, 0.717) is 0 Å². The molecule has 0 spiro atoms. The standard InChI is InChI=1S/C17H33N3OS.ClH/c1-22-13-8-16(18)17(21)20-10-5-9-19(11-12-20)14-15-6-3-2-4-7-15;/h15-16H,2-14,18H2,1H3;1H/t16-;/m0./s1. The molecule has 1 heterocycles. The average Bonchev–Trinajstić information content (AvgIpc) is 2.78. The van der Waals surface area contributed by atoms with E-state index in [1.807, 2.05) is 4.90 Å². The smallest absolute Gasteiger partial charge is 0.239 e. The second kappa shape index (κ2) is 11.6. The topological polar surface area (TPSA) is 49.6 Å². The van der Waals surface area contributed by atoms with Crippen molar-refractivity contribution in [2.75, 3.05) is 44.7 Å². The van der Waals surface area contributed by atoms with E-state index in [1.54, 1.807) is 11.8 Å². The molecule has 0 aromatic carbocycles. The molecule has 0 radical (unpaired) electrons. The fourth-order valence-electron chi connectivity index (χ4n) is 3.71. The summed E-state index contributed by atoms with van der Waals surface area (Å²) in [7, 11) is 0. The summed E-state index contributed by atoms with van der Waals surface area (Å²) in [6, 6.07) is -0.308. The van der Waals surface area contributed by atoms with E-state index < -0.39 is 0 Å². The van der Waals surface area contributed by atoms with Gasteiger partial charge in [-0.2, -0.15) is 11.8 Å². The van der Waals surface area contributed by atoms with Crippen LogP contribution < -0.4 is 5.73 Å². The third-order valence-corrected chi connectivity index (χ3v) is 5.74. The molecule has 1 saturated carbocycles. The number of amides is 1. The van der Waals surface area contributed by atoms with Gasteiger partial charge in [-0.3, -0.25) is 4.79 Å². The number of halogens is 1. The van der Waals surface area contributed by atoms with Crippen LogP contribution in [-0.4, -0.2) is 66.5 Å². The van der Waals surface area contributed by atoms with Crippen LogP contribution >= 0.6 is 24.2 Å². The lowest BCUT2D eigenvalue weighted by Gasteiger charge is -2.29. The monoisotopic (exact) mass is 363 g/mol. The Morgan fingerprint density at radius 1 is 1.13 bits per heavy atom. The Morgan fingerprint density at radius 3 is 2.57 bits per heavy atom. The fraction of sp³-hybridized carbons (Fsp3) is 0.941. The molecule has 23 heavy (non-hydrogen) atoms. The first kappa shape index (κ1) is 21.1. The van der Waals surface area contributed by atoms with E-state index in [4.69, 9.17) is 5.73 Å². The van der Waals surface area contributed by atoms with Gasteiger partial charge in [0.25, 0.3) is 0 Å². The van der Waals surface area contributed by atoms with Crippen LogP contribution in [0.1, 0.15) is 44.9 Å². The number of rotatable bonds is 6. The molecule has 1 amide bonds. The van der Waals surface area contributed by atoms with E-state index in [9.17, 15) is 4.79 Å². The molecule has 1 aliphatic heterocycles. The molecule has 1 aliphatic carbocycles. The highest BCUT2D eigenvalue weighted by molar-refractivity contribution is 7.98. The summed E-state index contributed by atoms with van der Waals surface area (Å²) in [6.45, 7) is 5.14. The molecule has 2 N–H and O–H groups in total. The van der Waals surface area contributed by atoms with Crippen LogP contribution in [0.2, 0.25) is 0 Å². The SMILES string of the molecule is CSCC[C@H](N)C(=O)N1CCCN(CC2CCCCC2)CC1.Cl. The first-order valence-electron chi connectivity index (χ1n) is 8.96. The third-order valence-electron chi connectivity index (χ3n) is 5.09. The lowest BCUT2D eigenvalue weighted by molar-refractivity contribution is -0.132. The Bertz CT molecular complexity index is 340. The first-order valence-corrected chi connectivity index (χ1v) is 10.4. The average molecular weight is 364 g/mol. The van der Waals surface area contributed by atoms with Crippen molar-refractivity contribution in [3.8, 4) is 0 Å². The van der Waals surface area contributed by atoms with Crippen molar-refractivity contribution in [2.24, 2.45) is 11.7 Å². The van der Waals surface area contributed by atoms with Crippen LogP contribution in [0.25, 0.3) is 0 Å². The van der Waals surface area contributed by atoms with Crippen molar-refractivity contribution in [1.82, 2.24) is 9.80 Å². The van der Waals surface area contributed by atoms with Crippen molar-refractivity contribution in [3.63, 3.8) is 0 Å². The molecule has 1 saturated heterocycles. The summed E-state index contributed by atoms with van der Waals surface area (Å²) in [5, 5.41) is 0. The highest BCUT2D eigenvalue weighted by Gasteiger charge is 2.24. The predicted molar refractivity (Wildman–Crippen MR) is 102 cm³/mol. The predicted octanol–water partition coefficient (Wildman–Crippen LogP) is 2.60. The molecule has 2 fully saturated rings. The summed E-state index contributed by atoms with van der Waals surface area (Å²) in [5.41, 5.74) is 6.05. The number of thioether (sulfide) groups is 1. The molecular weight excluding hydrogens is 330 g/mol. The number of nitrogens with zero attached hydrogens (tertiary/aromatic N) is 2. The second-order valence-corrected chi connectivity index (χ2v) is 7.86. The van der Waals surface area contributed by atoms with E-state index in [1.165, 1.54) is 38.6 Å². The zero-order valence-corrected chi connectivity index (χ0v) is 16.2. The summed E-state index contributed by atoms with van der Waals surface area (Å²) in [4.78, 5) is 17.0. The molecule has 0 aromatic rings. The van der Waals surface area contributed by atoms with Crippen LogP contribution in [0.5, 0.6) is 0 Å². The fourth-order valence-corrected chi connectivity index (χ4v) is 4.20. The minimum Gasteiger partial charge on any atom is -0.340 e. The van der Waals surface area contributed by atoms with Gasteiger partial charge in [0.15, 0.2) is 0 Å². The van der Waals surface area contributed by atoms with Crippen molar-refractivity contribution < 1.29 is 4.79 Å². The van der Waals surface area contributed by atoms with Gasteiger partial charge in [-0.25, -0.2) is 0 Å². The Morgan fingerprint density at radius 2 is 1.87 bits per heavy atom. The van der Waals surface area contributed by atoms with Crippen LogP contribution in [0.15, 0.2) is 0 Å². The molecule has 1 atom stereocenters. The van der Waals surface area contributed by atoms with Gasteiger partial charge in [-0.05, 0) is 50.2 Å². The number of hydrogen-bond donors (Lipinski definition) is 1. The van der Waals surface area contributed by atoms with Crippen LogP contribution in [0, 0.1) is 5.92 Å². The van der Waals surface area contributed by atoms with E-state index in [0.717, 1.165) is 50.7 Å². The van der Waals surface area contributed by atoms with Crippen LogP contribution in [0.3, 0.4) is 0 Å². The molecule has 0 unspecified atom stereocenters. The van der Waals surface area contributed by atoms with Crippen molar-refractivity contribution in [2.45, 2.75) is 51.0 Å². The zero-order chi connectivity index (χ0) is 15.8. The minimum atomic E-state index is -0.308. The summed E-state index contributed by atoms with van der Waals surface area (Å²) in [5.74, 6) is 2.02. The lowest BCUT2D eigenvalue weighted by Crippen LogP contribution is -2.45. The Balaban J connectivity index is 0.00000264. The molecule has 0 aromatic heterocycles. The number of hydrogen-bond acceptors (Lipinski definition) is 4. The van der Waals surface area contributed by atoms with Gasteiger partial charge >= 0.3 is 0 Å². The quantitative estimate of drug-likeness (QED) is 0.788. The van der Waals surface area contributed by atoms with E-state index >= 15 is 0 Å². The maximum atomic E-state index is 12.4. The maximum Gasteiger partial charge on any atom is 0.239 e. The maximum absolute atomic E-state index is 12.4. The summed E-state index contributed by atoms with van der Waals surface area (Å²) in [6.07, 6.45) is 11.0. The summed E-state index contributed by atoms with van der Waals surface area (Å²) < 4.78 is 0. The number of carbonyl (C=O) groups is 1.